The molecule has 66 heavy (non-hydrogen) atoms. The summed E-state index contributed by atoms with van der Waals surface area (Å²) in [7, 11) is -8.37. The number of nitrogens with one attached hydrogen (secondary N) is 1. The van der Waals surface area contributed by atoms with Gasteiger partial charge in [-0.15, -0.1) is 0 Å². The number of hydrogen-bond donors (Lipinski definition) is 2. The van der Waals surface area contributed by atoms with E-state index in [9.17, 15) is 56.2 Å². The van der Waals surface area contributed by atoms with Crippen molar-refractivity contribution in [2.24, 2.45) is 10.8 Å². The van der Waals surface area contributed by atoms with Crippen LogP contribution in [-0.2, 0) is 34.5 Å². The number of sulfonamides is 2. The van der Waals surface area contributed by atoms with Crippen LogP contribution in [0.3, 0.4) is 0 Å². The molecule has 0 saturated carbocycles. The second-order valence-corrected chi connectivity index (χ2v) is 18.8. The average molecular weight is 1010 g/mol. The quantitative estimate of drug-likeness (QED) is 0.0403. The first kappa shape index (κ1) is 62.6. The van der Waals surface area contributed by atoms with Crippen LogP contribution < -0.4 is 117 Å². The predicted octanol–water partition coefficient (Wildman–Crippen LogP) is 0.262. The first-order valence-corrected chi connectivity index (χ1v) is 21.6. The molecule has 2 atom stereocenters. The van der Waals surface area contributed by atoms with E-state index in [0.717, 1.165) is 60.6 Å². The molecular weight excluding hydrogens is 965 g/mol. The zero-order valence-electron chi connectivity index (χ0n) is 38.3. The summed E-state index contributed by atoms with van der Waals surface area (Å²) in [6, 6.07) is 21.1. The van der Waals surface area contributed by atoms with Crippen LogP contribution in [0.15, 0.2) is 94.7 Å². The Balaban J connectivity index is 0. The number of nitriles is 2. The maximum Gasteiger partial charge on any atom is 1.00 e. The van der Waals surface area contributed by atoms with Gasteiger partial charge in [0.25, 0.3) is 37.9 Å². The molecule has 2 unspecified atom stereocenters. The molecule has 0 bridgehead atoms. The fourth-order valence-corrected chi connectivity index (χ4v) is 7.85. The van der Waals surface area contributed by atoms with E-state index in [1.807, 2.05) is 24.6 Å². The van der Waals surface area contributed by atoms with Gasteiger partial charge in [0.05, 0.1) is 79.3 Å². The van der Waals surface area contributed by atoms with Crippen molar-refractivity contribution < 1.29 is 164 Å². The van der Waals surface area contributed by atoms with Gasteiger partial charge in [-0.25, -0.2) is 25.6 Å². The summed E-state index contributed by atoms with van der Waals surface area (Å²) in [5.74, 6) is -1.89. The van der Waals surface area contributed by atoms with Gasteiger partial charge in [-0.05, 0) is 90.8 Å². The molecule has 1 saturated heterocycles. The van der Waals surface area contributed by atoms with Crippen LogP contribution in [0.1, 0.15) is 53.1 Å². The number of carbonyl (C=O) groups is 1. The average Bonchev–Trinajstić information content (AvgIpc) is 4.05. The van der Waals surface area contributed by atoms with Gasteiger partial charge in [0.1, 0.15) is 11.6 Å². The number of carbonyl (C=O) groups excluding carboxylic acids is 1. The molecule has 346 valence electrons. The van der Waals surface area contributed by atoms with E-state index in [1.165, 1.54) is 24.3 Å². The largest absolute Gasteiger partial charge is 1.00 e. The third kappa shape index (κ3) is 20.9. The Morgan fingerprint density at radius 2 is 1.30 bits per heavy atom. The van der Waals surface area contributed by atoms with Gasteiger partial charge in [0.15, 0.2) is 0 Å². The number of halogens is 2. The van der Waals surface area contributed by atoms with E-state index in [1.54, 1.807) is 52.0 Å². The number of nitro benzene ring substituents is 2. The molecule has 1 fully saturated rings. The smallest absolute Gasteiger partial charge is 1.00 e. The van der Waals surface area contributed by atoms with Gasteiger partial charge in [0, 0.05) is 24.3 Å². The van der Waals surface area contributed by atoms with Crippen molar-refractivity contribution in [3.63, 3.8) is 0 Å². The van der Waals surface area contributed by atoms with Gasteiger partial charge in [0.2, 0.25) is 0 Å². The number of non-ortho nitro benzene ring substituents is 2. The molecule has 1 aliphatic heterocycles. The van der Waals surface area contributed by atoms with E-state index in [2.05, 4.69) is 11.0 Å². The third-order valence-electron chi connectivity index (χ3n) is 8.66. The second-order valence-electron chi connectivity index (χ2n) is 15.3. The maximum atomic E-state index is 14.6. The number of aryl methyl sites for hydroxylation is 2. The first-order chi connectivity index (χ1) is 29.7. The molecule has 0 aliphatic carbocycles. The van der Waals surface area contributed by atoms with Gasteiger partial charge in [-0.2, -0.15) is 10.5 Å². The molecular formula is C41H46F2K2N6O13S2. The van der Waals surface area contributed by atoms with E-state index < -0.39 is 82.3 Å². The Hall–Kier alpha value is -3.36. The van der Waals surface area contributed by atoms with E-state index in [0.29, 0.717) is 10.4 Å². The minimum absolute atomic E-state index is 0. The SMILES string of the molecule is CC(C)(C#N)CC1CO1.Cc1ccc(S(=O)(=O)N(CC(O)CC(C)(C)C#N)c2cc([N+](=O)[O-])ccc2F)cc1.Cc1ccc(S(=O)(=O)Nc2cc([N+](=O)[O-])ccc2F)cc1.O=CO[O-].[H-].[K+].[K+]. The van der Waals surface area contributed by atoms with Crippen molar-refractivity contribution in [3.8, 4) is 12.1 Å². The Morgan fingerprint density at radius 1 is 0.864 bits per heavy atom. The summed E-state index contributed by atoms with van der Waals surface area (Å²) >= 11 is 0. The van der Waals surface area contributed by atoms with Crippen molar-refractivity contribution in [1.29, 1.82) is 10.5 Å². The van der Waals surface area contributed by atoms with Crippen molar-refractivity contribution in [2.45, 2.75) is 76.4 Å². The number of aliphatic hydroxyl groups excluding tert-OH is 1. The van der Waals surface area contributed by atoms with E-state index in [-0.39, 0.29) is 132 Å². The molecule has 0 aromatic heterocycles. The number of benzene rings is 4. The molecule has 19 nitrogen and oxygen atoms in total. The Labute approximate surface area is 467 Å². The van der Waals surface area contributed by atoms with Crippen molar-refractivity contribution in [1.82, 2.24) is 0 Å². The van der Waals surface area contributed by atoms with Crippen LogP contribution in [-0.4, -0.2) is 63.6 Å². The molecule has 2 N–H and O–H groups in total. The third-order valence-corrected chi connectivity index (χ3v) is 11.8. The Bertz CT molecular complexity index is 2580. The maximum absolute atomic E-state index is 14.6. The Kier molecular flexibility index (Phi) is 26.8. The fourth-order valence-electron chi connectivity index (χ4n) is 5.29. The molecule has 0 radical (unpaired) electrons. The number of ether oxygens (including phenoxy) is 1. The summed E-state index contributed by atoms with van der Waals surface area (Å²) in [5, 5.41) is 58.4. The summed E-state index contributed by atoms with van der Waals surface area (Å²) < 4.78 is 86.5. The Morgan fingerprint density at radius 3 is 1.73 bits per heavy atom. The summed E-state index contributed by atoms with van der Waals surface area (Å²) in [4.78, 5) is 31.3. The molecule has 0 amide bonds. The first-order valence-electron chi connectivity index (χ1n) is 18.6. The monoisotopic (exact) mass is 1010 g/mol. The molecule has 25 heteroatoms. The predicted molar refractivity (Wildman–Crippen MR) is 226 cm³/mol. The van der Waals surface area contributed by atoms with Crippen LogP contribution >= 0.6 is 0 Å². The minimum Gasteiger partial charge on any atom is -1.00 e. The van der Waals surface area contributed by atoms with Crippen LogP contribution in [0.5, 0.6) is 0 Å². The molecule has 4 aromatic carbocycles. The van der Waals surface area contributed by atoms with Crippen molar-refractivity contribution in [3.05, 3.63) is 128 Å². The van der Waals surface area contributed by atoms with Crippen LogP contribution in [0, 0.1) is 79.2 Å². The van der Waals surface area contributed by atoms with Crippen LogP contribution in [0.25, 0.3) is 0 Å². The molecule has 4 aromatic rings. The summed E-state index contributed by atoms with van der Waals surface area (Å²) in [6.45, 7) is 10.7. The van der Waals surface area contributed by atoms with Crippen LogP contribution in [0.2, 0.25) is 0 Å². The van der Waals surface area contributed by atoms with Crippen LogP contribution in [0.4, 0.5) is 31.5 Å². The van der Waals surface area contributed by atoms with E-state index in [4.69, 9.17) is 20.1 Å². The van der Waals surface area contributed by atoms with Gasteiger partial charge < -0.3 is 21.4 Å². The summed E-state index contributed by atoms with van der Waals surface area (Å²) in [5.41, 5.74) is -1.40. The second kappa shape index (κ2) is 28.2. The molecule has 1 aliphatic rings. The number of nitro groups is 2. The standard InChI is InChI=1S/C20H22FN3O5S.C13H11FN2O4S.C7H11NO.CH2O3.2K.H/c1-14-4-7-17(8-5-14)30(28,29)23(12-16(25)11-20(2,3)13-22)19-10-15(24(26)27)6-9-18(19)21;1-9-2-5-11(6-3-9)21(19,20)15-13-8-10(16(17)18)4-7-12(13)14;1-7(2,5-8)3-6-4-9-6;2-1-4-3;;;/h4-10,16,25H,11-12H2,1-3H3;2-8,15H,1H3;6H,3-4H2,1-2H3;1,3H;;;/q;;;;2*+1;-1/p-1. The molecule has 5 rings (SSSR count). The number of aliphatic hydroxyl groups is 1. The summed E-state index contributed by atoms with van der Waals surface area (Å²) in [6.07, 6.45) is -0.151. The zero-order valence-corrected chi connectivity index (χ0v) is 45.2. The number of rotatable bonds is 15. The van der Waals surface area contributed by atoms with Gasteiger partial charge in [-0.1, -0.05) is 35.4 Å². The zero-order chi connectivity index (χ0) is 48.6. The fraction of sp³-hybridized carbons (Fsp3) is 0.341. The molecule has 0 spiro atoms. The van der Waals surface area contributed by atoms with Gasteiger partial charge >= 0.3 is 103 Å². The van der Waals surface area contributed by atoms with E-state index >= 15 is 0 Å². The number of epoxide rings is 1. The van der Waals surface area contributed by atoms with Crippen molar-refractivity contribution >= 4 is 49.3 Å². The molecule has 1 heterocycles. The number of hydrogen-bond acceptors (Lipinski definition) is 15. The number of nitrogens with zero attached hydrogens (tertiary/aromatic N) is 5. The normalized spacial score (nSPS) is 13.1. The number of anilines is 2. The van der Waals surface area contributed by atoms with Gasteiger partial charge in [-0.3, -0.25) is 34.1 Å². The van der Waals surface area contributed by atoms with Crippen molar-refractivity contribution in [2.75, 3.05) is 22.2 Å². The topological polar surface area (TPSA) is 300 Å². The minimum atomic E-state index is -4.37.